The lowest BCUT2D eigenvalue weighted by Gasteiger charge is -2.35. The van der Waals surface area contributed by atoms with Gasteiger partial charge < -0.3 is 10.0 Å². The number of β-amino-alcohol motifs (C(OH)–C–C–N with tert-alkyl or cyclic N) is 1. The molecule has 0 bridgehead atoms. The standard InChI is InChI=1S/C9H20N2O/c1-9(2,12)8-11-6-4-10(3)5-7-11/h12H,4-8H2,1-3H3. The van der Waals surface area contributed by atoms with Crippen LogP contribution < -0.4 is 0 Å². The monoisotopic (exact) mass is 172 g/mol. The highest BCUT2D eigenvalue weighted by Crippen LogP contribution is 2.07. The average Bonchev–Trinajstić information content (AvgIpc) is 1.91. The third-order valence-corrected chi connectivity index (χ3v) is 2.21. The van der Waals surface area contributed by atoms with Crippen LogP contribution in [0.25, 0.3) is 0 Å². The largest absolute Gasteiger partial charge is 0.389 e. The normalized spacial score (nSPS) is 23.0. The van der Waals surface area contributed by atoms with Gasteiger partial charge in [-0.15, -0.1) is 0 Å². The van der Waals surface area contributed by atoms with Crippen molar-refractivity contribution in [3.05, 3.63) is 0 Å². The molecular formula is C9H20N2O. The van der Waals surface area contributed by atoms with Gasteiger partial charge in [-0.1, -0.05) is 0 Å². The summed E-state index contributed by atoms with van der Waals surface area (Å²) in [7, 11) is 2.14. The van der Waals surface area contributed by atoms with Gasteiger partial charge in [-0.3, -0.25) is 4.90 Å². The van der Waals surface area contributed by atoms with Crippen LogP contribution in [-0.2, 0) is 0 Å². The van der Waals surface area contributed by atoms with Gasteiger partial charge in [-0.05, 0) is 20.9 Å². The average molecular weight is 172 g/mol. The first-order valence-electron chi connectivity index (χ1n) is 4.61. The van der Waals surface area contributed by atoms with E-state index in [1.807, 2.05) is 13.8 Å². The first-order chi connectivity index (χ1) is 5.47. The lowest BCUT2D eigenvalue weighted by atomic mass is 10.1. The molecule has 0 radical (unpaired) electrons. The molecule has 0 spiro atoms. The van der Waals surface area contributed by atoms with Gasteiger partial charge >= 0.3 is 0 Å². The van der Waals surface area contributed by atoms with Crippen LogP contribution in [0.1, 0.15) is 13.8 Å². The predicted octanol–water partition coefficient (Wildman–Crippen LogP) is 0.00470. The molecule has 0 unspecified atom stereocenters. The second-order valence-electron chi connectivity index (χ2n) is 4.39. The van der Waals surface area contributed by atoms with E-state index >= 15 is 0 Å². The summed E-state index contributed by atoms with van der Waals surface area (Å²) >= 11 is 0. The van der Waals surface area contributed by atoms with E-state index in [0.717, 1.165) is 32.7 Å². The van der Waals surface area contributed by atoms with Crippen molar-refractivity contribution in [1.29, 1.82) is 0 Å². The van der Waals surface area contributed by atoms with Crippen molar-refractivity contribution in [2.75, 3.05) is 39.8 Å². The van der Waals surface area contributed by atoms with E-state index in [0.29, 0.717) is 0 Å². The van der Waals surface area contributed by atoms with Crippen LogP contribution >= 0.6 is 0 Å². The molecule has 1 heterocycles. The van der Waals surface area contributed by atoms with E-state index in [2.05, 4.69) is 16.8 Å². The van der Waals surface area contributed by atoms with Crippen molar-refractivity contribution in [1.82, 2.24) is 9.80 Å². The molecule has 3 heteroatoms. The van der Waals surface area contributed by atoms with Crippen LogP contribution in [0.3, 0.4) is 0 Å². The third kappa shape index (κ3) is 3.52. The smallest absolute Gasteiger partial charge is 0.0718 e. The fraction of sp³-hybridized carbons (Fsp3) is 1.00. The Morgan fingerprint density at radius 1 is 1.17 bits per heavy atom. The maximum atomic E-state index is 9.58. The van der Waals surface area contributed by atoms with Crippen molar-refractivity contribution in [3.8, 4) is 0 Å². The zero-order chi connectivity index (χ0) is 9.19. The van der Waals surface area contributed by atoms with Gasteiger partial charge in [0.2, 0.25) is 0 Å². The third-order valence-electron chi connectivity index (χ3n) is 2.21. The molecule has 0 aromatic heterocycles. The number of likely N-dealkylation sites (N-methyl/N-ethyl adjacent to an activating group) is 1. The summed E-state index contributed by atoms with van der Waals surface area (Å²) < 4.78 is 0. The second-order valence-corrected chi connectivity index (χ2v) is 4.39. The number of rotatable bonds is 2. The number of aliphatic hydroxyl groups is 1. The molecule has 1 aliphatic rings. The minimum atomic E-state index is -0.546. The summed E-state index contributed by atoms with van der Waals surface area (Å²) in [5.74, 6) is 0. The van der Waals surface area contributed by atoms with Crippen molar-refractivity contribution >= 4 is 0 Å². The molecule has 0 saturated carbocycles. The van der Waals surface area contributed by atoms with E-state index in [9.17, 15) is 5.11 Å². The lowest BCUT2D eigenvalue weighted by Crippen LogP contribution is -2.49. The fourth-order valence-electron chi connectivity index (χ4n) is 1.55. The number of hydrogen-bond acceptors (Lipinski definition) is 3. The van der Waals surface area contributed by atoms with Crippen molar-refractivity contribution in [2.24, 2.45) is 0 Å². The summed E-state index contributed by atoms with van der Waals surface area (Å²) in [6.07, 6.45) is 0. The van der Waals surface area contributed by atoms with Gasteiger partial charge in [0, 0.05) is 32.7 Å². The molecule has 1 N–H and O–H groups in total. The van der Waals surface area contributed by atoms with Gasteiger partial charge in [-0.2, -0.15) is 0 Å². The molecule has 1 rings (SSSR count). The highest BCUT2D eigenvalue weighted by molar-refractivity contribution is 4.76. The highest BCUT2D eigenvalue weighted by Gasteiger charge is 2.20. The quantitative estimate of drug-likeness (QED) is 0.635. The van der Waals surface area contributed by atoms with Crippen LogP contribution in [0.5, 0.6) is 0 Å². The van der Waals surface area contributed by atoms with Crippen molar-refractivity contribution in [2.45, 2.75) is 19.4 Å². The minimum Gasteiger partial charge on any atom is -0.389 e. The Bertz CT molecular complexity index is 134. The number of piperazine rings is 1. The van der Waals surface area contributed by atoms with E-state index in [4.69, 9.17) is 0 Å². The SMILES string of the molecule is CN1CCN(CC(C)(C)O)CC1. The Balaban J connectivity index is 2.26. The topological polar surface area (TPSA) is 26.7 Å². The number of nitrogens with zero attached hydrogens (tertiary/aromatic N) is 2. The Morgan fingerprint density at radius 2 is 1.67 bits per heavy atom. The molecule has 0 aromatic rings. The molecule has 12 heavy (non-hydrogen) atoms. The molecule has 1 saturated heterocycles. The van der Waals surface area contributed by atoms with Crippen LogP contribution in [0.2, 0.25) is 0 Å². The van der Waals surface area contributed by atoms with Gasteiger partial charge in [0.15, 0.2) is 0 Å². The summed E-state index contributed by atoms with van der Waals surface area (Å²) in [6.45, 7) is 8.94. The van der Waals surface area contributed by atoms with Crippen molar-refractivity contribution < 1.29 is 5.11 Å². The Kier molecular flexibility index (Phi) is 3.09. The Morgan fingerprint density at radius 3 is 2.08 bits per heavy atom. The second kappa shape index (κ2) is 3.73. The number of hydrogen-bond donors (Lipinski definition) is 1. The summed E-state index contributed by atoms with van der Waals surface area (Å²) in [5.41, 5.74) is -0.546. The zero-order valence-electron chi connectivity index (χ0n) is 8.38. The lowest BCUT2D eigenvalue weighted by molar-refractivity contribution is 0.0210. The van der Waals surface area contributed by atoms with Gasteiger partial charge in [0.1, 0.15) is 0 Å². The maximum absolute atomic E-state index is 9.58. The highest BCUT2D eigenvalue weighted by atomic mass is 16.3. The van der Waals surface area contributed by atoms with E-state index in [1.165, 1.54) is 0 Å². The molecular weight excluding hydrogens is 152 g/mol. The zero-order valence-corrected chi connectivity index (χ0v) is 8.38. The molecule has 3 nitrogen and oxygen atoms in total. The fourth-order valence-corrected chi connectivity index (χ4v) is 1.55. The van der Waals surface area contributed by atoms with E-state index in [1.54, 1.807) is 0 Å². The minimum absolute atomic E-state index is 0.546. The van der Waals surface area contributed by atoms with Crippen LogP contribution in [0.15, 0.2) is 0 Å². The molecule has 1 aliphatic heterocycles. The van der Waals surface area contributed by atoms with Gasteiger partial charge in [0.25, 0.3) is 0 Å². The molecule has 0 aromatic carbocycles. The van der Waals surface area contributed by atoms with Gasteiger partial charge in [0.05, 0.1) is 5.60 Å². The Hall–Kier alpha value is -0.120. The van der Waals surface area contributed by atoms with Gasteiger partial charge in [-0.25, -0.2) is 0 Å². The van der Waals surface area contributed by atoms with Crippen molar-refractivity contribution in [3.63, 3.8) is 0 Å². The summed E-state index contributed by atoms with van der Waals surface area (Å²) in [5, 5.41) is 9.58. The first kappa shape index (κ1) is 9.96. The van der Waals surface area contributed by atoms with Crippen LogP contribution in [0, 0.1) is 0 Å². The van der Waals surface area contributed by atoms with E-state index in [-0.39, 0.29) is 0 Å². The maximum Gasteiger partial charge on any atom is 0.0718 e. The molecule has 0 aliphatic carbocycles. The summed E-state index contributed by atoms with van der Waals surface area (Å²) in [4.78, 5) is 4.64. The summed E-state index contributed by atoms with van der Waals surface area (Å²) in [6, 6.07) is 0. The Labute approximate surface area is 75.0 Å². The van der Waals surface area contributed by atoms with Crippen LogP contribution in [-0.4, -0.2) is 60.3 Å². The molecule has 72 valence electrons. The van der Waals surface area contributed by atoms with Crippen LogP contribution in [0.4, 0.5) is 0 Å². The molecule has 0 amide bonds. The van der Waals surface area contributed by atoms with E-state index < -0.39 is 5.60 Å². The molecule has 1 fully saturated rings. The molecule has 0 atom stereocenters. The predicted molar refractivity (Wildman–Crippen MR) is 50.2 cm³/mol. The first-order valence-corrected chi connectivity index (χ1v) is 4.61.